The monoisotopic (exact) mass is 345 g/mol. The summed E-state index contributed by atoms with van der Waals surface area (Å²) >= 11 is 0. The fourth-order valence-electron chi connectivity index (χ4n) is 4.01. The Bertz CT molecular complexity index is 1110. The fraction of sp³-hybridized carbons (Fsp3) is 0.250. The average molecular weight is 345 g/mol. The molecule has 1 unspecified atom stereocenters. The second-order valence-electron chi connectivity index (χ2n) is 6.77. The molecule has 1 aliphatic carbocycles. The lowest BCUT2D eigenvalue weighted by molar-refractivity contribution is -0.123. The molecule has 3 heterocycles. The Kier molecular flexibility index (Phi) is 3.48. The van der Waals surface area contributed by atoms with Gasteiger partial charge in [0.25, 0.3) is 0 Å². The van der Waals surface area contributed by atoms with E-state index in [0.717, 1.165) is 41.8 Å². The molecule has 1 atom stereocenters. The molecular formula is C20H19N5O. The second kappa shape index (κ2) is 5.98. The van der Waals surface area contributed by atoms with Crippen LogP contribution in [-0.4, -0.2) is 25.5 Å². The molecule has 0 saturated carbocycles. The second-order valence-corrected chi connectivity index (χ2v) is 6.77. The summed E-state index contributed by atoms with van der Waals surface area (Å²) < 4.78 is 1.76. The Hall–Kier alpha value is -3.15. The van der Waals surface area contributed by atoms with Crippen LogP contribution in [0.25, 0.3) is 16.6 Å². The number of rotatable bonds is 3. The smallest absolute Gasteiger partial charge is 0.229 e. The molecule has 130 valence electrons. The van der Waals surface area contributed by atoms with Gasteiger partial charge >= 0.3 is 0 Å². The highest BCUT2D eigenvalue weighted by atomic mass is 16.1. The average Bonchev–Trinajstić information content (AvgIpc) is 3.30. The molecule has 6 heteroatoms. The van der Waals surface area contributed by atoms with Crippen molar-refractivity contribution in [1.82, 2.24) is 24.9 Å². The number of H-pyrrole nitrogens is 1. The van der Waals surface area contributed by atoms with Crippen molar-refractivity contribution in [2.75, 3.05) is 0 Å². The third kappa shape index (κ3) is 2.37. The Balaban J connectivity index is 1.41. The molecular weight excluding hydrogens is 326 g/mol. The summed E-state index contributed by atoms with van der Waals surface area (Å²) in [7, 11) is 0. The van der Waals surface area contributed by atoms with Gasteiger partial charge in [0, 0.05) is 16.6 Å². The number of aromatic amines is 1. The molecule has 0 aliphatic heterocycles. The lowest BCUT2D eigenvalue weighted by Gasteiger charge is -2.22. The van der Waals surface area contributed by atoms with Gasteiger partial charge in [-0.15, -0.1) is 0 Å². The zero-order valence-corrected chi connectivity index (χ0v) is 14.3. The van der Waals surface area contributed by atoms with Crippen LogP contribution >= 0.6 is 0 Å². The molecule has 1 amide bonds. The molecule has 0 saturated heterocycles. The van der Waals surface area contributed by atoms with Crippen LogP contribution in [0.3, 0.4) is 0 Å². The number of aromatic nitrogens is 4. The molecule has 0 radical (unpaired) electrons. The van der Waals surface area contributed by atoms with E-state index in [0.29, 0.717) is 6.54 Å². The van der Waals surface area contributed by atoms with Crippen molar-refractivity contribution in [3.63, 3.8) is 0 Å². The minimum atomic E-state index is -0.124. The maximum absolute atomic E-state index is 12.9. The van der Waals surface area contributed by atoms with Crippen LogP contribution < -0.4 is 5.32 Å². The quantitative estimate of drug-likeness (QED) is 0.599. The van der Waals surface area contributed by atoms with Crippen LogP contribution in [0.5, 0.6) is 0 Å². The van der Waals surface area contributed by atoms with Gasteiger partial charge in [-0.25, -0.2) is 9.50 Å². The van der Waals surface area contributed by atoms with Gasteiger partial charge in [-0.2, -0.15) is 5.10 Å². The van der Waals surface area contributed by atoms with Crippen molar-refractivity contribution in [2.45, 2.75) is 31.7 Å². The molecule has 1 aromatic carbocycles. The highest BCUT2D eigenvalue weighted by molar-refractivity contribution is 5.90. The minimum absolute atomic E-state index is 0.0645. The standard InChI is InChI=1S/C20H19N5O/c26-20(21-11-13-5-3-10-18-22-12-23-25(13)18)16-8-4-7-15-14-6-1-2-9-17(14)24-19(15)16/h1-3,5-6,9-10,12,16,24H,4,7-8,11H2,(H,21,26). The maximum Gasteiger partial charge on any atom is 0.229 e. The molecule has 2 N–H and O–H groups in total. The van der Waals surface area contributed by atoms with E-state index in [1.807, 2.05) is 24.3 Å². The van der Waals surface area contributed by atoms with E-state index in [1.54, 1.807) is 4.52 Å². The summed E-state index contributed by atoms with van der Waals surface area (Å²) in [5.74, 6) is -0.0595. The first kappa shape index (κ1) is 15.1. The third-order valence-electron chi connectivity index (χ3n) is 5.25. The van der Waals surface area contributed by atoms with Crippen molar-refractivity contribution in [3.05, 3.63) is 65.7 Å². The zero-order chi connectivity index (χ0) is 17.5. The van der Waals surface area contributed by atoms with Gasteiger partial charge in [0.2, 0.25) is 5.91 Å². The summed E-state index contributed by atoms with van der Waals surface area (Å²) in [6, 6.07) is 14.1. The van der Waals surface area contributed by atoms with Gasteiger partial charge in [0.1, 0.15) is 6.33 Å². The van der Waals surface area contributed by atoms with Gasteiger partial charge in [-0.3, -0.25) is 4.79 Å². The number of nitrogens with zero attached hydrogens (tertiary/aromatic N) is 3. The number of hydrogen-bond donors (Lipinski definition) is 2. The molecule has 3 aromatic heterocycles. The number of para-hydroxylation sites is 1. The lowest BCUT2D eigenvalue weighted by atomic mass is 9.86. The summed E-state index contributed by atoms with van der Waals surface area (Å²) in [5, 5.41) is 8.55. The summed E-state index contributed by atoms with van der Waals surface area (Å²) in [4.78, 5) is 20.6. The molecule has 26 heavy (non-hydrogen) atoms. The SMILES string of the molecule is O=C(NCc1cccc2ncnn12)C1CCCc2c1[nH]c1ccccc21. The van der Waals surface area contributed by atoms with Crippen molar-refractivity contribution in [1.29, 1.82) is 0 Å². The number of fused-ring (bicyclic) bond motifs is 4. The number of hydrogen-bond acceptors (Lipinski definition) is 3. The highest BCUT2D eigenvalue weighted by Gasteiger charge is 2.29. The summed E-state index contributed by atoms with van der Waals surface area (Å²) in [6.45, 7) is 0.436. The lowest BCUT2D eigenvalue weighted by Crippen LogP contribution is -2.31. The van der Waals surface area contributed by atoms with Crippen LogP contribution in [0.1, 0.15) is 35.7 Å². The minimum Gasteiger partial charge on any atom is -0.357 e. The number of carbonyl (C=O) groups excluding carboxylic acids is 1. The first-order valence-electron chi connectivity index (χ1n) is 8.96. The van der Waals surface area contributed by atoms with Gasteiger partial charge < -0.3 is 10.3 Å². The highest BCUT2D eigenvalue weighted by Crippen LogP contribution is 2.36. The van der Waals surface area contributed by atoms with Crippen molar-refractivity contribution >= 4 is 22.5 Å². The Morgan fingerprint density at radius 1 is 1.23 bits per heavy atom. The number of pyridine rings is 1. The predicted molar refractivity (Wildman–Crippen MR) is 98.8 cm³/mol. The van der Waals surface area contributed by atoms with Crippen LogP contribution in [-0.2, 0) is 17.8 Å². The fourth-order valence-corrected chi connectivity index (χ4v) is 4.01. The molecule has 0 fully saturated rings. The zero-order valence-electron chi connectivity index (χ0n) is 14.3. The van der Waals surface area contributed by atoms with E-state index in [9.17, 15) is 4.79 Å². The number of nitrogens with one attached hydrogen (secondary N) is 2. The van der Waals surface area contributed by atoms with Crippen LogP contribution in [0.15, 0.2) is 48.8 Å². The third-order valence-corrected chi connectivity index (χ3v) is 5.25. The molecule has 4 aromatic rings. The number of amides is 1. The van der Waals surface area contributed by atoms with Crippen molar-refractivity contribution in [2.24, 2.45) is 0 Å². The van der Waals surface area contributed by atoms with Gasteiger partial charge in [-0.05, 0) is 43.0 Å². The Morgan fingerprint density at radius 2 is 2.15 bits per heavy atom. The van der Waals surface area contributed by atoms with E-state index in [2.05, 4.69) is 38.6 Å². The van der Waals surface area contributed by atoms with Crippen molar-refractivity contribution < 1.29 is 4.79 Å². The molecule has 1 aliphatic rings. The van der Waals surface area contributed by atoms with Crippen LogP contribution in [0.2, 0.25) is 0 Å². The number of aryl methyl sites for hydroxylation is 1. The van der Waals surface area contributed by atoms with Crippen LogP contribution in [0, 0.1) is 0 Å². The molecule has 0 spiro atoms. The van der Waals surface area contributed by atoms with Gasteiger partial charge in [-0.1, -0.05) is 24.3 Å². The Labute approximate surface area is 150 Å². The molecule has 6 nitrogen and oxygen atoms in total. The van der Waals surface area contributed by atoms with Crippen molar-refractivity contribution in [3.8, 4) is 0 Å². The summed E-state index contributed by atoms with van der Waals surface area (Å²) in [6.07, 6.45) is 4.46. The van der Waals surface area contributed by atoms with E-state index in [1.165, 1.54) is 17.3 Å². The van der Waals surface area contributed by atoms with Gasteiger partial charge in [0.15, 0.2) is 5.65 Å². The molecule has 0 bridgehead atoms. The largest absolute Gasteiger partial charge is 0.357 e. The van der Waals surface area contributed by atoms with E-state index in [4.69, 9.17) is 0 Å². The number of carbonyl (C=O) groups is 1. The van der Waals surface area contributed by atoms with E-state index >= 15 is 0 Å². The van der Waals surface area contributed by atoms with Gasteiger partial charge in [0.05, 0.1) is 18.2 Å². The topological polar surface area (TPSA) is 75.1 Å². The predicted octanol–water partition coefficient (Wildman–Crippen LogP) is 2.95. The first-order chi connectivity index (χ1) is 12.8. The summed E-state index contributed by atoms with van der Waals surface area (Å²) in [5.41, 5.74) is 5.19. The number of benzene rings is 1. The maximum atomic E-state index is 12.9. The van der Waals surface area contributed by atoms with Crippen LogP contribution in [0.4, 0.5) is 0 Å². The first-order valence-corrected chi connectivity index (χ1v) is 8.96. The normalized spacial score (nSPS) is 16.7. The molecule has 5 rings (SSSR count). The van der Waals surface area contributed by atoms with E-state index < -0.39 is 0 Å². The Morgan fingerprint density at radius 3 is 3.12 bits per heavy atom. The van der Waals surface area contributed by atoms with E-state index in [-0.39, 0.29) is 11.8 Å².